The third kappa shape index (κ3) is 4.35. The van der Waals surface area contributed by atoms with Crippen LogP contribution in [-0.4, -0.2) is 51.0 Å². The van der Waals surface area contributed by atoms with Crippen molar-refractivity contribution in [3.05, 3.63) is 60.7 Å². The molecule has 2 fully saturated rings. The van der Waals surface area contributed by atoms with E-state index in [1.807, 2.05) is 24.3 Å². The first-order chi connectivity index (χ1) is 17.3. The van der Waals surface area contributed by atoms with E-state index in [4.69, 9.17) is 0 Å². The number of aromatic nitrogens is 4. The monoisotopic (exact) mass is 489 g/mol. The van der Waals surface area contributed by atoms with E-state index in [-0.39, 0.29) is 17.5 Å². The number of aromatic amines is 1. The van der Waals surface area contributed by atoms with Crippen molar-refractivity contribution < 1.29 is 18.4 Å². The Labute approximate surface area is 203 Å². The highest BCUT2D eigenvalue weighted by Gasteiger charge is 2.44. The minimum atomic E-state index is -2.72. The van der Waals surface area contributed by atoms with E-state index in [0.717, 1.165) is 24.0 Å². The van der Waals surface area contributed by atoms with Gasteiger partial charge in [0.1, 0.15) is 5.82 Å². The van der Waals surface area contributed by atoms with E-state index in [9.17, 15) is 18.4 Å². The van der Waals surface area contributed by atoms with E-state index in [1.165, 1.54) is 11.1 Å². The van der Waals surface area contributed by atoms with Gasteiger partial charge in [-0.05, 0) is 42.7 Å². The lowest BCUT2D eigenvalue weighted by Gasteiger charge is -2.39. The second kappa shape index (κ2) is 8.36. The molecule has 0 atom stereocenters. The Morgan fingerprint density at radius 1 is 1.00 bits per heavy atom. The summed E-state index contributed by atoms with van der Waals surface area (Å²) in [6.07, 6.45) is 6.57. The molecule has 6 rings (SSSR count). The lowest BCUT2D eigenvalue weighted by atomic mass is 10.0. The first-order valence-corrected chi connectivity index (χ1v) is 11.5. The molecule has 1 saturated carbocycles. The second-order valence-corrected chi connectivity index (χ2v) is 9.13. The van der Waals surface area contributed by atoms with E-state index >= 15 is 0 Å². The molecule has 3 N–H and O–H groups in total. The summed E-state index contributed by atoms with van der Waals surface area (Å²) in [7, 11) is 0. The van der Waals surface area contributed by atoms with E-state index in [0.29, 0.717) is 28.1 Å². The molecule has 36 heavy (non-hydrogen) atoms. The number of halogens is 2. The highest BCUT2D eigenvalue weighted by Crippen LogP contribution is 2.33. The van der Waals surface area contributed by atoms with Gasteiger partial charge in [-0.25, -0.2) is 13.8 Å². The van der Waals surface area contributed by atoms with Crippen molar-refractivity contribution in [3.63, 3.8) is 0 Å². The molecule has 1 saturated heterocycles. The van der Waals surface area contributed by atoms with Gasteiger partial charge in [0.2, 0.25) is 5.91 Å². The summed E-state index contributed by atoms with van der Waals surface area (Å²) in [5.74, 6) is -2.72. The van der Waals surface area contributed by atoms with Gasteiger partial charge in [0.05, 0.1) is 30.5 Å². The molecule has 182 valence electrons. The zero-order valence-corrected chi connectivity index (χ0v) is 19.0. The van der Waals surface area contributed by atoms with Gasteiger partial charge in [0, 0.05) is 41.0 Å². The molecule has 11 heteroatoms. The molecule has 4 aromatic rings. The molecule has 0 bridgehead atoms. The Hall–Kier alpha value is -4.41. The number of amides is 2. The number of nitrogens with one attached hydrogen (secondary N) is 3. The number of hydrogen-bond acceptors (Lipinski definition) is 6. The Balaban J connectivity index is 1.23. The van der Waals surface area contributed by atoms with Crippen molar-refractivity contribution in [2.75, 3.05) is 28.6 Å². The van der Waals surface area contributed by atoms with Gasteiger partial charge in [0.15, 0.2) is 5.69 Å². The molecule has 2 amide bonds. The number of benzene rings is 1. The van der Waals surface area contributed by atoms with Gasteiger partial charge in [-0.2, -0.15) is 5.10 Å². The SMILES string of the molecule is O=C(Nc1ccnc(N2CC(F)(F)C2)c1)c1n[nH]c2ccc(-c3cncc(NC(=O)C4CC4)c3)cc12. The molecule has 0 radical (unpaired) electrons. The number of fused-ring (bicyclic) bond motifs is 1. The number of anilines is 3. The number of H-pyrrole nitrogens is 1. The maximum atomic E-state index is 13.2. The standard InChI is InChI=1S/C25H21F2N7O2/c26-25(27)12-34(13-25)21-9-17(5-6-29-21)30-24(36)22-19-8-15(3-4-20(19)32-33-22)16-7-18(11-28-10-16)31-23(35)14-1-2-14/h3-11,14H,1-2,12-13H2,(H,31,35)(H,32,33)(H,29,30,36). The summed E-state index contributed by atoms with van der Waals surface area (Å²) in [5, 5.41) is 13.3. The predicted octanol–water partition coefficient (Wildman–Crippen LogP) is 4.08. The van der Waals surface area contributed by atoms with Gasteiger partial charge in [-0.1, -0.05) is 6.07 Å². The summed E-state index contributed by atoms with van der Waals surface area (Å²) in [6, 6.07) is 10.5. The number of nitrogens with zero attached hydrogens (tertiary/aromatic N) is 4. The number of pyridine rings is 2. The van der Waals surface area contributed by atoms with Crippen LogP contribution < -0.4 is 15.5 Å². The fourth-order valence-corrected chi connectivity index (χ4v) is 4.16. The molecular weight excluding hydrogens is 468 g/mol. The van der Waals surface area contributed by atoms with Crippen molar-refractivity contribution >= 4 is 39.9 Å². The average Bonchev–Trinajstić information content (AvgIpc) is 3.62. The van der Waals surface area contributed by atoms with Crippen LogP contribution in [-0.2, 0) is 4.79 Å². The lowest BCUT2D eigenvalue weighted by Crippen LogP contribution is -2.56. The summed E-state index contributed by atoms with van der Waals surface area (Å²) in [6.45, 7) is -0.797. The molecule has 3 aromatic heterocycles. The molecule has 1 aliphatic heterocycles. The van der Waals surface area contributed by atoms with E-state index in [1.54, 1.807) is 24.5 Å². The average molecular weight is 489 g/mol. The van der Waals surface area contributed by atoms with Crippen molar-refractivity contribution in [1.29, 1.82) is 0 Å². The summed E-state index contributed by atoms with van der Waals surface area (Å²) >= 11 is 0. The van der Waals surface area contributed by atoms with Crippen molar-refractivity contribution in [1.82, 2.24) is 20.2 Å². The van der Waals surface area contributed by atoms with Crippen LogP contribution in [0.2, 0.25) is 0 Å². The number of carbonyl (C=O) groups excluding carboxylic acids is 2. The minimum absolute atomic E-state index is 0.000263. The van der Waals surface area contributed by atoms with Crippen LogP contribution in [0.4, 0.5) is 26.0 Å². The third-order valence-electron chi connectivity index (χ3n) is 6.24. The van der Waals surface area contributed by atoms with Crippen molar-refractivity contribution in [3.8, 4) is 11.1 Å². The highest BCUT2D eigenvalue weighted by atomic mass is 19.3. The second-order valence-electron chi connectivity index (χ2n) is 9.13. The predicted molar refractivity (Wildman–Crippen MR) is 130 cm³/mol. The lowest BCUT2D eigenvalue weighted by molar-refractivity contribution is -0.117. The quantitative estimate of drug-likeness (QED) is 0.376. The smallest absolute Gasteiger partial charge is 0.282 e. The topological polar surface area (TPSA) is 116 Å². The zero-order valence-electron chi connectivity index (χ0n) is 19.0. The third-order valence-corrected chi connectivity index (χ3v) is 6.24. The van der Waals surface area contributed by atoms with Crippen LogP contribution in [0.1, 0.15) is 23.3 Å². The molecule has 1 aliphatic carbocycles. The maximum absolute atomic E-state index is 13.2. The molecule has 1 aromatic carbocycles. The molecule has 0 unspecified atom stereocenters. The zero-order chi connectivity index (χ0) is 24.9. The van der Waals surface area contributed by atoms with Crippen LogP contribution in [0, 0.1) is 5.92 Å². The van der Waals surface area contributed by atoms with Crippen LogP contribution >= 0.6 is 0 Å². The first kappa shape index (κ1) is 22.1. The van der Waals surface area contributed by atoms with Crippen molar-refractivity contribution in [2.45, 2.75) is 18.8 Å². The van der Waals surface area contributed by atoms with E-state index in [2.05, 4.69) is 30.8 Å². The van der Waals surface area contributed by atoms with Crippen LogP contribution in [0.5, 0.6) is 0 Å². The fourth-order valence-electron chi connectivity index (χ4n) is 4.16. The normalized spacial score (nSPS) is 16.4. The van der Waals surface area contributed by atoms with Gasteiger partial charge >= 0.3 is 0 Å². The molecule has 0 spiro atoms. The van der Waals surface area contributed by atoms with E-state index < -0.39 is 24.9 Å². The van der Waals surface area contributed by atoms with Gasteiger partial charge in [-0.15, -0.1) is 0 Å². The molecule has 9 nitrogen and oxygen atoms in total. The number of hydrogen-bond donors (Lipinski definition) is 3. The molecular formula is C25H21F2N7O2. The Bertz CT molecular complexity index is 1490. The van der Waals surface area contributed by atoms with Gasteiger partial charge in [-0.3, -0.25) is 19.7 Å². The van der Waals surface area contributed by atoms with Crippen LogP contribution in [0.3, 0.4) is 0 Å². The minimum Gasteiger partial charge on any atom is -0.344 e. The number of carbonyl (C=O) groups is 2. The number of alkyl halides is 2. The fraction of sp³-hybridized carbons (Fsp3) is 0.240. The van der Waals surface area contributed by atoms with Crippen molar-refractivity contribution in [2.24, 2.45) is 5.92 Å². The first-order valence-electron chi connectivity index (χ1n) is 11.5. The Morgan fingerprint density at radius 2 is 1.83 bits per heavy atom. The van der Waals surface area contributed by atoms with Gasteiger partial charge < -0.3 is 15.5 Å². The summed E-state index contributed by atoms with van der Waals surface area (Å²) in [5.41, 5.74) is 3.49. The Morgan fingerprint density at radius 3 is 2.61 bits per heavy atom. The maximum Gasteiger partial charge on any atom is 0.282 e. The summed E-state index contributed by atoms with van der Waals surface area (Å²) < 4.78 is 26.4. The summed E-state index contributed by atoms with van der Waals surface area (Å²) in [4.78, 5) is 35.0. The number of rotatable bonds is 6. The van der Waals surface area contributed by atoms with Crippen LogP contribution in [0.25, 0.3) is 22.0 Å². The molecule has 2 aliphatic rings. The van der Waals surface area contributed by atoms with Crippen LogP contribution in [0.15, 0.2) is 55.0 Å². The van der Waals surface area contributed by atoms with Gasteiger partial charge in [0.25, 0.3) is 11.8 Å². The Kier molecular flexibility index (Phi) is 5.13. The largest absolute Gasteiger partial charge is 0.344 e. The molecule has 4 heterocycles. The highest BCUT2D eigenvalue weighted by molar-refractivity contribution is 6.11.